The van der Waals surface area contributed by atoms with E-state index < -0.39 is 10.0 Å². The van der Waals surface area contributed by atoms with Gasteiger partial charge in [0.15, 0.2) is 0 Å². The van der Waals surface area contributed by atoms with Crippen molar-refractivity contribution >= 4 is 37.7 Å². The van der Waals surface area contributed by atoms with Gasteiger partial charge in [0.1, 0.15) is 0 Å². The molecule has 1 aliphatic heterocycles. The number of benzene rings is 2. The predicted molar refractivity (Wildman–Crippen MR) is 94.4 cm³/mol. The number of aryl methyl sites for hydroxylation is 1. The van der Waals surface area contributed by atoms with Crippen LogP contribution in [0.2, 0.25) is 0 Å². The zero-order valence-electron chi connectivity index (χ0n) is 12.1. The minimum absolute atomic E-state index is 0.154. The number of rotatable bonds is 3. The van der Waals surface area contributed by atoms with Crippen molar-refractivity contribution in [1.82, 2.24) is 4.31 Å². The highest BCUT2D eigenvalue weighted by Crippen LogP contribution is 2.41. The van der Waals surface area contributed by atoms with Crippen LogP contribution in [0, 0.1) is 6.92 Å². The van der Waals surface area contributed by atoms with Crippen molar-refractivity contribution in [3.63, 3.8) is 0 Å². The molecule has 1 atom stereocenters. The Morgan fingerprint density at radius 3 is 2.59 bits per heavy atom. The fourth-order valence-electron chi connectivity index (χ4n) is 2.50. The summed E-state index contributed by atoms with van der Waals surface area (Å²) in [6.45, 7) is 2.45. The monoisotopic (exact) mass is 397 g/mol. The maximum Gasteiger partial charge on any atom is 0.244 e. The smallest absolute Gasteiger partial charge is 0.207 e. The molecule has 3 nitrogen and oxygen atoms in total. The van der Waals surface area contributed by atoms with Crippen LogP contribution in [0.25, 0.3) is 0 Å². The van der Waals surface area contributed by atoms with Crippen molar-refractivity contribution in [3.05, 3.63) is 64.1 Å². The first-order valence-corrected chi connectivity index (χ1v) is 10.2. The summed E-state index contributed by atoms with van der Waals surface area (Å²) in [5.74, 6) is 0.811. The second kappa shape index (κ2) is 6.35. The van der Waals surface area contributed by atoms with Gasteiger partial charge in [0.25, 0.3) is 0 Å². The van der Waals surface area contributed by atoms with Gasteiger partial charge in [-0.1, -0.05) is 40.2 Å². The lowest BCUT2D eigenvalue weighted by molar-refractivity contribution is 0.434. The predicted octanol–water partition coefficient (Wildman–Crippen LogP) is 4.19. The first-order chi connectivity index (χ1) is 10.5. The quantitative estimate of drug-likeness (QED) is 0.778. The van der Waals surface area contributed by atoms with Gasteiger partial charge in [-0.3, -0.25) is 0 Å². The van der Waals surface area contributed by atoms with Crippen molar-refractivity contribution in [2.45, 2.75) is 17.2 Å². The largest absolute Gasteiger partial charge is 0.244 e. The number of hydrogen-bond acceptors (Lipinski definition) is 3. The summed E-state index contributed by atoms with van der Waals surface area (Å²) in [6, 6.07) is 15.0. The highest BCUT2D eigenvalue weighted by Gasteiger charge is 2.36. The van der Waals surface area contributed by atoms with Crippen LogP contribution in [0.3, 0.4) is 0 Å². The molecule has 0 aromatic heterocycles. The van der Waals surface area contributed by atoms with Crippen LogP contribution < -0.4 is 0 Å². The number of halogens is 1. The van der Waals surface area contributed by atoms with Crippen molar-refractivity contribution < 1.29 is 8.42 Å². The Morgan fingerprint density at radius 2 is 1.91 bits per heavy atom. The summed E-state index contributed by atoms with van der Waals surface area (Å²) < 4.78 is 28.5. The molecule has 3 rings (SSSR count). The van der Waals surface area contributed by atoms with E-state index in [9.17, 15) is 8.42 Å². The third-order valence-corrected chi connectivity index (χ3v) is 7.38. The number of sulfonamides is 1. The molecule has 22 heavy (non-hydrogen) atoms. The lowest BCUT2D eigenvalue weighted by Gasteiger charge is -2.23. The molecule has 1 fully saturated rings. The van der Waals surface area contributed by atoms with E-state index >= 15 is 0 Å². The van der Waals surface area contributed by atoms with E-state index in [1.165, 1.54) is 0 Å². The third-order valence-electron chi connectivity index (χ3n) is 3.60. The maximum atomic E-state index is 12.9. The molecule has 1 heterocycles. The average molecular weight is 398 g/mol. The molecule has 0 N–H and O–H groups in total. The van der Waals surface area contributed by atoms with Gasteiger partial charge in [0.05, 0.1) is 10.3 Å². The van der Waals surface area contributed by atoms with Gasteiger partial charge >= 0.3 is 0 Å². The second-order valence-corrected chi connectivity index (χ2v) is 9.20. The molecule has 0 spiro atoms. The minimum atomic E-state index is -3.47. The summed E-state index contributed by atoms with van der Waals surface area (Å²) in [5.41, 5.74) is 1.97. The first-order valence-electron chi connectivity index (χ1n) is 6.94. The van der Waals surface area contributed by atoms with Gasteiger partial charge < -0.3 is 0 Å². The van der Waals surface area contributed by atoms with Crippen LogP contribution in [0.15, 0.2) is 57.9 Å². The first kappa shape index (κ1) is 16.1. The van der Waals surface area contributed by atoms with E-state index in [1.54, 1.807) is 34.3 Å². The lowest BCUT2D eigenvalue weighted by Crippen LogP contribution is -2.30. The minimum Gasteiger partial charge on any atom is -0.207 e. The van der Waals surface area contributed by atoms with Gasteiger partial charge in [0, 0.05) is 16.8 Å². The number of nitrogens with zero attached hydrogens (tertiary/aromatic N) is 1. The van der Waals surface area contributed by atoms with Gasteiger partial charge in [-0.05, 0) is 42.3 Å². The van der Waals surface area contributed by atoms with Crippen molar-refractivity contribution in [3.8, 4) is 0 Å². The molecule has 2 aromatic carbocycles. The molecule has 0 saturated carbocycles. The molecule has 0 radical (unpaired) electrons. The molecule has 0 unspecified atom stereocenters. The zero-order valence-corrected chi connectivity index (χ0v) is 15.3. The molecular formula is C16H16BrNO2S2. The van der Waals surface area contributed by atoms with Crippen molar-refractivity contribution in [2.24, 2.45) is 0 Å². The summed E-state index contributed by atoms with van der Waals surface area (Å²) in [7, 11) is -3.47. The third kappa shape index (κ3) is 3.11. The molecule has 1 saturated heterocycles. The Labute approximate surface area is 143 Å². The highest BCUT2D eigenvalue weighted by atomic mass is 79.9. The van der Waals surface area contributed by atoms with E-state index in [1.807, 2.05) is 37.3 Å². The van der Waals surface area contributed by atoms with Crippen LogP contribution in [0.1, 0.15) is 16.5 Å². The second-order valence-electron chi connectivity index (χ2n) is 5.21. The Bertz CT molecular complexity index is 775. The average Bonchev–Trinajstić information content (AvgIpc) is 2.98. The molecule has 0 bridgehead atoms. The standard InChI is InChI=1S/C16H16BrNO2S2/c1-12-3-2-4-15(11-12)22(19,20)18-9-10-21-16(18)13-5-7-14(17)8-6-13/h2-8,11,16H,9-10H2,1H3/t16-/m1/s1. The molecule has 2 aromatic rings. The Morgan fingerprint density at radius 1 is 1.18 bits per heavy atom. The summed E-state index contributed by atoms with van der Waals surface area (Å²) in [6.07, 6.45) is 0. The van der Waals surface area contributed by atoms with Crippen LogP contribution >= 0.6 is 27.7 Å². The van der Waals surface area contributed by atoms with Gasteiger partial charge in [-0.25, -0.2) is 8.42 Å². The van der Waals surface area contributed by atoms with Gasteiger partial charge in [0.2, 0.25) is 10.0 Å². The zero-order chi connectivity index (χ0) is 15.7. The summed E-state index contributed by atoms with van der Waals surface area (Å²) in [5, 5.41) is -0.154. The van der Waals surface area contributed by atoms with Crippen molar-refractivity contribution in [2.75, 3.05) is 12.3 Å². The van der Waals surface area contributed by atoms with E-state index in [-0.39, 0.29) is 5.37 Å². The van der Waals surface area contributed by atoms with E-state index in [0.717, 1.165) is 21.4 Å². The Hall–Kier alpha value is -0.820. The van der Waals surface area contributed by atoms with Crippen LogP contribution in [-0.2, 0) is 10.0 Å². The Balaban J connectivity index is 1.97. The van der Waals surface area contributed by atoms with Crippen LogP contribution in [0.4, 0.5) is 0 Å². The highest BCUT2D eigenvalue weighted by molar-refractivity contribution is 9.10. The van der Waals surface area contributed by atoms with E-state index in [0.29, 0.717) is 11.4 Å². The van der Waals surface area contributed by atoms with Gasteiger partial charge in [-0.2, -0.15) is 4.31 Å². The number of hydrogen-bond donors (Lipinski definition) is 0. The van der Waals surface area contributed by atoms with Crippen LogP contribution in [-0.4, -0.2) is 25.0 Å². The maximum absolute atomic E-state index is 12.9. The van der Waals surface area contributed by atoms with E-state index in [2.05, 4.69) is 15.9 Å². The number of thioether (sulfide) groups is 1. The normalized spacial score (nSPS) is 19.5. The molecule has 0 aliphatic carbocycles. The summed E-state index contributed by atoms with van der Waals surface area (Å²) in [4.78, 5) is 0.372. The topological polar surface area (TPSA) is 37.4 Å². The van der Waals surface area contributed by atoms with Crippen molar-refractivity contribution in [1.29, 1.82) is 0 Å². The lowest BCUT2D eigenvalue weighted by atomic mass is 10.2. The molecule has 116 valence electrons. The fourth-order valence-corrected chi connectivity index (χ4v) is 6.11. The SMILES string of the molecule is Cc1cccc(S(=O)(=O)N2CCS[C@@H]2c2ccc(Br)cc2)c1. The fraction of sp³-hybridized carbons (Fsp3) is 0.250. The molecule has 1 aliphatic rings. The van der Waals surface area contributed by atoms with Crippen LogP contribution in [0.5, 0.6) is 0 Å². The molecule has 6 heteroatoms. The molecular weight excluding hydrogens is 382 g/mol. The molecule has 0 amide bonds. The van der Waals surface area contributed by atoms with Gasteiger partial charge in [-0.15, -0.1) is 11.8 Å². The van der Waals surface area contributed by atoms with E-state index in [4.69, 9.17) is 0 Å². The Kier molecular flexibility index (Phi) is 4.64. The summed E-state index contributed by atoms with van der Waals surface area (Å²) >= 11 is 5.08.